The molecule has 0 heterocycles. The minimum Gasteiger partial charge on any atom is -0.467 e. The molecule has 0 saturated heterocycles. The molecule has 1 aromatic carbocycles. The summed E-state index contributed by atoms with van der Waals surface area (Å²) in [7, 11) is 1.18. The molecule has 0 saturated carbocycles. The van der Waals surface area contributed by atoms with Gasteiger partial charge in [-0.1, -0.05) is 11.6 Å². The summed E-state index contributed by atoms with van der Waals surface area (Å²) in [6, 6.07) is 3.78. The van der Waals surface area contributed by atoms with Gasteiger partial charge in [-0.05, 0) is 25.1 Å². The van der Waals surface area contributed by atoms with Gasteiger partial charge in [0.25, 0.3) is 0 Å². The Morgan fingerprint density at radius 3 is 2.82 bits per heavy atom. The molecule has 4 nitrogen and oxygen atoms in total. The zero-order valence-corrected chi connectivity index (χ0v) is 10.2. The Morgan fingerprint density at radius 1 is 1.65 bits per heavy atom. The third-order valence-corrected chi connectivity index (χ3v) is 2.49. The van der Waals surface area contributed by atoms with Crippen LogP contribution in [0.4, 0.5) is 10.1 Å². The van der Waals surface area contributed by atoms with Crippen molar-refractivity contribution in [2.24, 2.45) is 0 Å². The lowest BCUT2D eigenvalue weighted by Crippen LogP contribution is -2.42. The smallest absolute Gasteiger partial charge is 0.339 e. The largest absolute Gasteiger partial charge is 0.467 e. The third kappa shape index (κ3) is 3.57. The highest BCUT2D eigenvalue weighted by Crippen LogP contribution is 2.23. The molecule has 0 radical (unpaired) electrons. The average Bonchev–Trinajstić information content (AvgIpc) is 2.26. The van der Waals surface area contributed by atoms with Gasteiger partial charge in [0, 0.05) is 0 Å². The van der Waals surface area contributed by atoms with E-state index in [1.807, 2.05) is 0 Å². The van der Waals surface area contributed by atoms with E-state index in [0.717, 1.165) is 6.07 Å². The number of nitrogens with one attached hydrogen (secondary N) is 1. The summed E-state index contributed by atoms with van der Waals surface area (Å²) in [5.74, 6) is -1.22. The maximum atomic E-state index is 12.8. The van der Waals surface area contributed by atoms with E-state index in [1.54, 1.807) is 0 Å². The van der Waals surface area contributed by atoms with Crippen LogP contribution in [-0.2, 0) is 9.53 Å². The second-order valence-electron chi connectivity index (χ2n) is 3.74. The van der Waals surface area contributed by atoms with Crippen LogP contribution < -0.4 is 5.32 Å². The van der Waals surface area contributed by atoms with Gasteiger partial charge in [0.2, 0.25) is 0 Å². The Morgan fingerprint density at radius 2 is 2.29 bits per heavy atom. The van der Waals surface area contributed by atoms with Crippen LogP contribution in [0.5, 0.6) is 0 Å². The van der Waals surface area contributed by atoms with Gasteiger partial charge in [0.05, 0.1) is 24.4 Å². The summed E-state index contributed by atoms with van der Waals surface area (Å²) in [6.07, 6.45) is 0. The van der Waals surface area contributed by atoms with Crippen molar-refractivity contribution in [1.82, 2.24) is 0 Å². The fourth-order valence-electron chi connectivity index (χ4n) is 1.19. The van der Waals surface area contributed by atoms with E-state index < -0.39 is 17.4 Å². The van der Waals surface area contributed by atoms with E-state index in [0.29, 0.717) is 5.69 Å². The van der Waals surface area contributed by atoms with Gasteiger partial charge in [0.1, 0.15) is 5.82 Å². The molecule has 0 spiro atoms. The van der Waals surface area contributed by atoms with Crippen LogP contribution in [0.3, 0.4) is 0 Å². The van der Waals surface area contributed by atoms with E-state index in [9.17, 15) is 14.3 Å². The van der Waals surface area contributed by atoms with Crippen LogP contribution in [0.1, 0.15) is 6.92 Å². The minimum atomic E-state index is -1.67. The third-order valence-electron chi connectivity index (χ3n) is 2.18. The molecule has 2 N–H and O–H groups in total. The lowest BCUT2D eigenvalue weighted by molar-refractivity contribution is -0.158. The van der Waals surface area contributed by atoms with Crippen molar-refractivity contribution >= 4 is 23.3 Å². The van der Waals surface area contributed by atoms with Crippen LogP contribution >= 0.6 is 11.6 Å². The number of methoxy groups -OCH3 is 1. The van der Waals surface area contributed by atoms with Gasteiger partial charge in [-0.15, -0.1) is 0 Å². The van der Waals surface area contributed by atoms with Crippen molar-refractivity contribution in [2.75, 3.05) is 19.0 Å². The first-order valence-corrected chi connectivity index (χ1v) is 5.24. The topological polar surface area (TPSA) is 58.6 Å². The van der Waals surface area contributed by atoms with Crippen molar-refractivity contribution in [3.63, 3.8) is 0 Å². The summed E-state index contributed by atoms with van der Waals surface area (Å²) in [5.41, 5.74) is -1.25. The van der Waals surface area contributed by atoms with Crippen LogP contribution in [0.25, 0.3) is 0 Å². The number of benzene rings is 1. The molecular weight excluding hydrogens is 249 g/mol. The SMILES string of the molecule is COC(=O)C(C)(O)CNc1ccc(F)cc1Cl. The molecule has 0 aliphatic heterocycles. The van der Waals surface area contributed by atoms with Crippen LogP contribution in [0, 0.1) is 5.82 Å². The first kappa shape index (κ1) is 13.7. The van der Waals surface area contributed by atoms with Crippen molar-refractivity contribution in [2.45, 2.75) is 12.5 Å². The van der Waals surface area contributed by atoms with Gasteiger partial charge in [0.15, 0.2) is 5.60 Å². The molecule has 0 amide bonds. The summed E-state index contributed by atoms with van der Waals surface area (Å²) in [6.45, 7) is 1.22. The number of ether oxygens (including phenoxy) is 1. The fraction of sp³-hybridized carbons (Fsp3) is 0.364. The minimum absolute atomic E-state index is 0.0922. The number of hydrogen-bond donors (Lipinski definition) is 2. The summed E-state index contributed by atoms with van der Waals surface area (Å²) in [4.78, 5) is 11.2. The van der Waals surface area contributed by atoms with Crippen molar-refractivity contribution in [3.05, 3.63) is 29.0 Å². The van der Waals surface area contributed by atoms with E-state index in [-0.39, 0.29) is 11.6 Å². The molecule has 1 aromatic rings. The van der Waals surface area contributed by atoms with Crippen LogP contribution in [0.15, 0.2) is 18.2 Å². The Balaban J connectivity index is 2.70. The standard InChI is InChI=1S/C11H13ClFNO3/c1-11(16,10(15)17-2)6-14-9-4-3-7(13)5-8(9)12/h3-5,14,16H,6H2,1-2H3. The number of halogens is 2. The van der Waals surface area contributed by atoms with Crippen LogP contribution in [-0.4, -0.2) is 30.3 Å². The Labute approximate surface area is 103 Å². The maximum absolute atomic E-state index is 12.8. The molecule has 0 bridgehead atoms. The van der Waals surface area contributed by atoms with Crippen molar-refractivity contribution in [3.8, 4) is 0 Å². The monoisotopic (exact) mass is 261 g/mol. The Hall–Kier alpha value is -1.33. The number of hydrogen-bond acceptors (Lipinski definition) is 4. The fourth-order valence-corrected chi connectivity index (χ4v) is 1.43. The first-order valence-electron chi connectivity index (χ1n) is 4.86. The van der Waals surface area contributed by atoms with E-state index in [1.165, 1.54) is 26.2 Å². The molecule has 0 aliphatic carbocycles. The maximum Gasteiger partial charge on any atom is 0.339 e. The van der Waals surface area contributed by atoms with Crippen LogP contribution in [0.2, 0.25) is 5.02 Å². The number of esters is 1. The molecule has 17 heavy (non-hydrogen) atoms. The number of aliphatic hydroxyl groups is 1. The quantitative estimate of drug-likeness (QED) is 0.812. The van der Waals surface area contributed by atoms with E-state index in [4.69, 9.17) is 11.6 Å². The molecule has 1 rings (SSSR count). The predicted molar refractivity (Wildman–Crippen MR) is 62.5 cm³/mol. The highest BCUT2D eigenvalue weighted by Gasteiger charge is 2.31. The molecule has 94 valence electrons. The number of anilines is 1. The van der Waals surface area contributed by atoms with Gasteiger partial charge in [-0.3, -0.25) is 0 Å². The second kappa shape index (κ2) is 5.33. The van der Waals surface area contributed by atoms with E-state index in [2.05, 4.69) is 10.1 Å². The summed E-state index contributed by atoms with van der Waals surface area (Å²) >= 11 is 5.77. The lowest BCUT2D eigenvalue weighted by Gasteiger charge is -2.21. The van der Waals surface area contributed by atoms with E-state index >= 15 is 0 Å². The Kier molecular flexibility index (Phi) is 4.31. The zero-order chi connectivity index (χ0) is 13.1. The number of rotatable bonds is 4. The summed E-state index contributed by atoms with van der Waals surface area (Å²) < 4.78 is 17.2. The van der Waals surface area contributed by atoms with Gasteiger partial charge >= 0.3 is 5.97 Å². The molecule has 0 aromatic heterocycles. The van der Waals surface area contributed by atoms with Gasteiger partial charge in [-0.2, -0.15) is 0 Å². The van der Waals surface area contributed by atoms with Crippen molar-refractivity contribution < 1.29 is 19.0 Å². The van der Waals surface area contributed by atoms with Gasteiger partial charge < -0.3 is 15.2 Å². The average molecular weight is 262 g/mol. The zero-order valence-electron chi connectivity index (χ0n) is 9.46. The molecule has 0 aliphatic rings. The highest BCUT2D eigenvalue weighted by molar-refractivity contribution is 6.33. The lowest BCUT2D eigenvalue weighted by atomic mass is 10.1. The number of carbonyl (C=O) groups excluding carboxylic acids is 1. The van der Waals surface area contributed by atoms with Gasteiger partial charge in [-0.25, -0.2) is 9.18 Å². The predicted octanol–water partition coefficient (Wildman–Crippen LogP) is 1.81. The highest BCUT2D eigenvalue weighted by atomic mass is 35.5. The molecule has 0 fully saturated rings. The first-order chi connectivity index (χ1) is 7.86. The molecule has 1 atom stereocenters. The molecule has 6 heteroatoms. The second-order valence-corrected chi connectivity index (χ2v) is 4.15. The summed E-state index contributed by atoms with van der Waals surface area (Å²) in [5, 5.41) is 12.7. The Bertz CT molecular complexity index is 423. The normalized spacial score (nSPS) is 13.9. The molecular formula is C11H13ClFNO3. The molecule has 1 unspecified atom stereocenters. The number of carbonyl (C=O) groups is 1. The van der Waals surface area contributed by atoms with Crippen molar-refractivity contribution in [1.29, 1.82) is 0 Å².